The van der Waals surface area contributed by atoms with Gasteiger partial charge in [0.1, 0.15) is 5.60 Å². The first kappa shape index (κ1) is 8.89. The maximum Gasteiger partial charge on any atom is 0.341 e. The summed E-state index contributed by atoms with van der Waals surface area (Å²) in [6.07, 6.45) is 8.85. The third-order valence-electron chi connectivity index (χ3n) is 3.48. The van der Waals surface area contributed by atoms with Gasteiger partial charge in [-0.25, -0.2) is 4.79 Å². The molecule has 0 aromatic carbocycles. The van der Waals surface area contributed by atoms with Crippen LogP contribution in [0.15, 0.2) is 18.5 Å². The molecule has 3 rings (SSSR count). The number of carbonyl (C=O) groups excluding carboxylic acids is 1. The van der Waals surface area contributed by atoms with Gasteiger partial charge in [-0.3, -0.25) is 4.98 Å². The minimum absolute atomic E-state index is 0.194. The molecule has 1 aliphatic carbocycles. The fourth-order valence-corrected chi connectivity index (χ4v) is 2.74. The van der Waals surface area contributed by atoms with Gasteiger partial charge in [-0.2, -0.15) is 0 Å². The normalized spacial score (nSPS) is 22.5. The Hall–Kier alpha value is -1.38. The SMILES string of the molecule is O=C1OC2(CCCCC2)c2ccncc21. The van der Waals surface area contributed by atoms with Crippen molar-refractivity contribution in [1.29, 1.82) is 0 Å². The molecule has 3 nitrogen and oxygen atoms in total. The first-order valence-corrected chi connectivity index (χ1v) is 5.50. The van der Waals surface area contributed by atoms with Crippen LogP contribution in [0, 0.1) is 0 Å². The van der Waals surface area contributed by atoms with Crippen LogP contribution in [-0.2, 0) is 10.3 Å². The van der Waals surface area contributed by atoms with E-state index in [2.05, 4.69) is 4.98 Å². The van der Waals surface area contributed by atoms with Crippen LogP contribution in [0.4, 0.5) is 0 Å². The molecule has 1 aromatic rings. The second-order valence-corrected chi connectivity index (χ2v) is 4.37. The molecule has 2 heterocycles. The highest BCUT2D eigenvalue weighted by Gasteiger charge is 2.45. The molecule has 3 heteroatoms. The first-order chi connectivity index (χ1) is 7.32. The van der Waals surface area contributed by atoms with E-state index in [1.807, 2.05) is 6.07 Å². The predicted molar refractivity (Wildman–Crippen MR) is 54.4 cm³/mol. The maximum absolute atomic E-state index is 11.7. The molecule has 0 bridgehead atoms. The Bertz CT molecular complexity index is 408. The summed E-state index contributed by atoms with van der Waals surface area (Å²) in [4.78, 5) is 15.7. The number of hydrogen-bond donors (Lipinski definition) is 0. The Kier molecular flexibility index (Phi) is 1.81. The summed E-state index contributed by atoms with van der Waals surface area (Å²) >= 11 is 0. The molecule has 0 unspecified atom stereocenters. The van der Waals surface area contributed by atoms with Crippen molar-refractivity contribution in [2.24, 2.45) is 0 Å². The number of nitrogens with zero attached hydrogens (tertiary/aromatic N) is 1. The van der Waals surface area contributed by atoms with Gasteiger partial charge in [-0.05, 0) is 31.7 Å². The molecule has 0 amide bonds. The summed E-state index contributed by atoms with van der Waals surface area (Å²) in [5.41, 5.74) is 1.41. The lowest BCUT2D eigenvalue weighted by Crippen LogP contribution is -2.28. The zero-order valence-corrected chi connectivity index (χ0v) is 8.53. The lowest BCUT2D eigenvalue weighted by atomic mass is 9.80. The largest absolute Gasteiger partial charge is 0.451 e. The van der Waals surface area contributed by atoms with Crippen LogP contribution in [-0.4, -0.2) is 11.0 Å². The summed E-state index contributed by atoms with van der Waals surface area (Å²) in [5.74, 6) is -0.194. The molecule has 0 N–H and O–H groups in total. The molecule has 0 atom stereocenters. The summed E-state index contributed by atoms with van der Waals surface area (Å²) in [7, 11) is 0. The minimum atomic E-state index is -0.312. The minimum Gasteiger partial charge on any atom is -0.451 e. The molecule has 1 aromatic heterocycles. The highest BCUT2D eigenvalue weighted by molar-refractivity contribution is 5.94. The predicted octanol–water partition coefficient (Wildman–Crippen LogP) is 2.41. The van der Waals surface area contributed by atoms with E-state index in [0.29, 0.717) is 5.56 Å². The van der Waals surface area contributed by atoms with Gasteiger partial charge in [-0.1, -0.05) is 6.42 Å². The van der Waals surface area contributed by atoms with Gasteiger partial charge in [0.15, 0.2) is 0 Å². The average Bonchev–Trinajstić information content (AvgIpc) is 2.55. The van der Waals surface area contributed by atoms with Gasteiger partial charge >= 0.3 is 5.97 Å². The van der Waals surface area contributed by atoms with E-state index in [1.165, 1.54) is 6.42 Å². The molecule has 1 spiro atoms. The lowest BCUT2D eigenvalue weighted by molar-refractivity contribution is -0.0280. The van der Waals surface area contributed by atoms with Crippen molar-refractivity contribution in [2.75, 3.05) is 0 Å². The van der Waals surface area contributed by atoms with Gasteiger partial charge in [0.25, 0.3) is 0 Å². The van der Waals surface area contributed by atoms with Crippen molar-refractivity contribution in [3.8, 4) is 0 Å². The number of aromatic nitrogens is 1. The van der Waals surface area contributed by atoms with Crippen LogP contribution < -0.4 is 0 Å². The molecule has 0 saturated heterocycles. The van der Waals surface area contributed by atoms with Gasteiger partial charge in [0.2, 0.25) is 0 Å². The summed E-state index contributed by atoms with van der Waals surface area (Å²) in [5, 5.41) is 0. The fraction of sp³-hybridized carbons (Fsp3) is 0.500. The maximum atomic E-state index is 11.7. The Morgan fingerprint density at radius 3 is 2.87 bits per heavy atom. The Morgan fingerprint density at radius 1 is 1.27 bits per heavy atom. The molecule has 1 saturated carbocycles. The Morgan fingerprint density at radius 2 is 2.07 bits per heavy atom. The van der Waals surface area contributed by atoms with Crippen LogP contribution in [0.2, 0.25) is 0 Å². The highest BCUT2D eigenvalue weighted by Crippen LogP contribution is 2.46. The molecule has 78 valence electrons. The Balaban J connectivity index is 2.10. The standard InChI is InChI=1S/C12H13NO2/c14-11-9-8-13-7-4-10(9)12(15-11)5-2-1-3-6-12/h4,7-8H,1-3,5-6H2. The smallest absolute Gasteiger partial charge is 0.341 e. The van der Waals surface area contributed by atoms with E-state index in [1.54, 1.807) is 12.4 Å². The zero-order valence-electron chi connectivity index (χ0n) is 8.53. The van der Waals surface area contributed by atoms with E-state index in [0.717, 1.165) is 31.2 Å². The number of esters is 1. The van der Waals surface area contributed by atoms with Crippen LogP contribution in [0.5, 0.6) is 0 Å². The summed E-state index contributed by atoms with van der Waals surface area (Å²) < 4.78 is 5.58. The van der Waals surface area contributed by atoms with Crippen molar-refractivity contribution in [3.63, 3.8) is 0 Å². The highest BCUT2D eigenvalue weighted by atomic mass is 16.6. The van der Waals surface area contributed by atoms with Crippen LogP contribution in [0.3, 0.4) is 0 Å². The first-order valence-electron chi connectivity index (χ1n) is 5.50. The van der Waals surface area contributed by atoms with Crippen molar-refractivity contribution < 1.29 is 9.53 Å². The molecule has 15 heavy (non-hydrogen) atoms. The molecule has 2 aliphatic rings. The average molecular weight is 203 g/mol. The van der Waals surface area contributed by atoms with Crippen LogP contribution in [0.1, 0.15) is 48.0 Å². The second-order valence-electron chi connectivity index (χ2n) is 4.37. The van der Waals surface area contributed by atoms with Crippen LogP contribution in [0.25, 0.3) is 0 Å². The number of ether oxygens (including phenoxy) is 1. The fourth-order valence-electron chi connectivity index (χ4n) is 2.74. The molecule has 0 radical (unpaired) electrons. The Labute approximate surface area is 88.5 Å². The quantitative estimate of drug-likeness (QED) is 0.608. The third kappa shape index (κ3) is 1.19. The van der Waals surface area contributed by atoms with Crippen molar-refractivity contribution >= 4 is 5.97 Å². The van der Waals surface area contributed by atoms with Crippen molar-refractivity contribution in [1.82, 2.24) is 4.98 Å². The molecule has 1 fully saturated rings. The number of hydrogen-bond acceptors (Lipinski definition) is 3. The van der Waals surface area contributed by atoms with Crippen molar-refractivity contribution in [3.05, 3.63) is 29.6 Å². The lowest BCUT2D eigenvalue weighted by Gasteiger charge is -2.32. The molecular formula is C12H13NO2. The van der Waals surface area contributed by atoms with Gasteiger partial charge in [0, 0.05) is 18.0 Å². The van der Waals surface area contributed by atoms with E-state index in [9.17, 15) is 4.79 Å². The van der Waals surface area contributed by atoms with E-state index < -0.39 is 0 Å². The number of pyridine rings is 1. The second kappa shape index (κ2) is 3.05. The molecule has 1 aliphatic heterocycles. The van der Waals surface area contributed by atoms with Gasteiger partial charge in [-0.15, -0.1) is 0 Å². The molecular weight excluding hydrogens is 190 g/mol. The third-order valence-corrected chi connectivity index (χ3v) is 3.48. The summed E-state index contributed by atoms with van der Waals surface area (Å²) in [6, 6.07) is 1.94. The van der Waals surface area contributed by atoms with Crippen LogP contribution >= 0.6 is 0 Å². The summed E-state index contributed by atoms with van der Waals surface area (Å²) in [6.45, 7) is 0. The number of rotatable bonds is 0. The zero-order chi connectivity index (χ0) is 10.3. The van der Waals surface area contributed by atoms with Gasteiger partial charge in [0.05, 0.1) is 5.56 Å². The topological polar surface area (TPSA) is 39.2 Å². The van der Waals surface area contributed by atoms with Crippen molar-refractivity contribution in [2.45, 2.75) is 37.7 Å². The van der Waals surface area contributed by atoms with Gasteiger partial charge < -0.3 is 4.74 Å². The number of carbonyl (C=O) groups is 1. The number of fused-ring (bicyclic) bond motifs is 2. The van der Waals surface area contributed by atoms with E-state index in [-0.39, 0.29) is 11.6 Å². The van der Waals surface area contributed by atoms with E-state index in [4.69, 9.17) is 4.74 Å². The van der Waals surface area contributed by atoms with E-state index >= 15 is 0 Å². The monoisotopic (exact) mass is 203 g/mol.